The zero-order chi connectivity index (χ0) is 13.8. The van der Waals surface area contributed by atoms with Gasteiger partial charge in [-0.3, -0.25) is 0 Å². The lowest BCUT2D eigenvalue weighted by atomic mass is 10.1. The fourth-order valence-corrected chi connectivity index (χ4v) is 2.32. The molecule has 1 heterocycles. The van der Waals surface area contributed by atoms with Crippen molar-refractivity contribution in [2.24, 2.45) is 0 Å². The molecule has 0 saturated carbocycles. The van der Waals surface area contributed by atoms with Gasteiger partial charge in [0.25, 0.3) is 6.43 Å². The molecule has 0 aliphatic heterocycles. The first-order valence-electron chi connectivity index (χ1n) is 5.53. The summed E-state index contributed by atoms with van der Waals surface area (Å²) in [5.41, 5.74) is 1.21. The Morgan fingerprint density at radius 3 is 2.42 bits per heavy atom. The summed E-state index contributed by atoms with van der Waals surface area (Å²) in [6, 6.07) is 7.62. The predicted molar refractivity (Wildman–Crippen MR) is 76.6 cm³/mol. The van der Waals surface area contributed by atoms with Gasteiger partial charge in [0.1, 0.15) is 11.5 Å². The number of alkyl halides is 3. The van der Waals surface area contributed by atoms with Crippen molar-refractivity contribution in [2.75, 3.05) is 0 Å². The van der Waals surface area contributed by atoms with E-state index >= 15 is 0 Å². The van der Waals surface area contributed by atoms with E-state index in [0.717, 1.165) is 10.0 Å². The number of aromatic nitrogens is 2. The maximum atomic E-state index is 12.9. The molecule has 0 saturated heterocycles. The van der Waals surface area contributed by atoms with Crippen molar-refractivity contribution in [1.82, 2.24) is 9.97 Å². The SMILES string of the molecule is FC(F)c1nc(Cc2ccc(Br)cc2)ncc1CBr. The molecular formula is C13H10Br2F2N2. The largest absolute Gasteiger partial charge is 0.280 e. The standard InChI is InChI=1S/C13H10Br2F2N2/c14-6-9-7-18-11(19-12(9)13(16)17)5-8-1-3-10(15)4-2-8/h1-4,7,13H,5-6H2. The Hall–Kier alpha value is -0.880. The van der Waals surface area contributed by atoms with Gasteiger partial charge in [-0.15, -0.1) is 0 Å². The van der Waals surface area contributed by atoms with Crippen LogP contribution in [0.2, 0.25) is 0 Å². The molecule has 2 nitrogen and oxygen atoms in total. The van der Waals surface area contributed by atoms with Crippen LogP contribution in [0.3, 0.4) is 0 Å². The zero-order valence-corrected chi connectivity index (χ0v) is 13.0. The molecule has 0 unspecified atom stereocenters. The van der Waals surface area contributed by atoms with Gasteiger partial charge in [0.2, 0.25) is 0 Å². The molecule has 0 aliphatic rings. The van der Waals surface area contributed by atoms with Crippen LogP contribution in [0.4, 0.5) is 8.78 Å². The Morgan fingerprint density at radius 1 is 1.16 bits per heavy atom. The lowest BCUT2D eigenvalue weighted by Crippen LogP contribution is -2.04. The first-order chi connectivity index (χ1) is 9.10. The summed E-state index contributed by atoms with van der Waals surface area (Å²) in [7, 11) is 0. The molecule has 0 bridgehead atoms. The zero-order valence-electron chi connectivity index (χ0n) is 9.78. The lowest BCUT2D eigenvalue weighted by Gasteiger charge is -2.07. The van der Waals surface area contributed by atoms with Gasteiger partial charge in [-0.1, -0.05) is 44.0 Å². The van der Waals surface area contributed by atoms with Crippen molar-refractivity contribution < 1.29 is 8.78 Å². The summed E-state index contributed by atoms with van der Waals surface area (Å²) < 4.78 is 26.7. The predicted octanol–water partition coefficient (Wildman–Crippen LogP) is 4.66. The summed E-state index contributed by atoms with van der Waals surface area (Å²) >= 11 is 6.50. The summed E-state index contributed by atoms with van der Waals surface area (Å²) in [4.78, 5) is 8.08. The molecule has 0 N–H and O–H groups in total. The molecule has 0 fully saturated rings. The summed E-state index contributed by atoms with van der Waals surface area (Å²) in [6.45, 7) is 0. The second-order valence-corrected chi connectivity index (χ2v) is 5.41. The molecule has 1 aromatic heterocycles. The Balaban J connectivity index is 2.25. The van der Waals surface area contributed by atoms with E-state index in [1.165, 1.54) is 6.20 Å². The van der Waals surface area contributed by atoms with Gasteiger partial charge in [-0.25, -0.2) is 18.7 Å². The van der Waals surface area contributed by atoms with Crippen LogP contribution in [0.5, 0.6) is 0 Å². The van der Waals surface area contributed by atoms with E-state index in [1.807, 2.05) is 24.3 Å². The van der Waals surface area contributed by atoms with Crippen LogP contribution < -0.4 is 0 Å². The molecule has 0 spiro atoms. The molecule has 0 radical (unpaired) electrons. The topological polar surface area (TPSA) is 25.8 Å². The number of nitrogens with zero attached hydrogens (tertiary/aromatic N) is 2. The second-order valence-electron chi connectivity index (χ2n) is 3.93. The number of hydrogen-bond donors (Lipinski definition) is 0. The molecule has 1 aromatic carbocycles. The number of rotatable bonds is 4. The number of hydrogen-bond acceptors (Lipinski definition) is 2. The van der Waals surface area contributed by atoms with E-state index < -0.39 is 6.43 Å². The van der Waals surface area contributed by atoms with Crippen molar-refractivity contribution >= 4 is 31.9 Å². The Kier molecular flexibility index (Phi) is 4.99. The van der Waals surface area contributed by atoms with E-state index in [0.29, 0.717) is 23.1 Å². The monoisotopic (exact) mass is 390 g/mol. The molecule has 0 amide bonds. The fourth-order valence-electron chi connectivity index (χ4n) is 1.62. The molecule has 19 heavy (non-hydrogen) atoms. The van der Waals surface area contributed by atoms with Gasteiger partial charge >= 0.3 is 0 Å². The third kappa shape index (κ3) is 3.79. The quantitative estimate of drug-likeness (QED) is 0.708. The average Bonchev–Trinajstić information content (AvgIpc) is 2.41. The normalized spacial score (nSPS) is 11.0. The van der Waals surface area contributed by atoms with E-state index in [1.54, 1.807) is 0 Å². The minimum atomic E-state index is -2.58. The minimum absolute atomic E-state index is 0.195. The van der Waals surface area contributed by atoms with Crippen LogP contribution >= 0.6 is 31.9 Å². The van der Waals surface area contributed by atoms with E-state index in [2.05, 4.69) is 41.8 Å². The molecule has 2 rings (SSSR count). The van der Waals surface area contributed by atoms with Gasteiger partial charge in [0.05, 0.1) is 0 Å². The lowest BCUT2D eigenvalue weighted by molar-refractivity contribution is 0.144. The summed E-state index contributed by atoms with van der Waals surface area (Å²) in [5.74, 6) is 0.405. The average molecular weight is 392 g/mol. The fraction of sp³-hybridized carbons (Fsp3) is 0.231. The van der Waals surface area contributed by atoms with Crippen LogP contribution in [0, 0.1) is 0 Å². The van der Waals surface area contributed by atoms with Gasteiger partial charge in [0, 0.05) is 28.0 Å². The second kappa shape index (κ2) is 6.52. The summed E-state index contributed by atoms with van der Waals surface area (Å²) in [5, 5.41) is 0.325. The summed E-state index contributed by atoms with van der Waals surface area (Å²) in [6.07, 6.45) is -0.688. The van der Waals surface area contributed by atoms with Crippen LogP contribution in [0.25, 0.3) is 0 Å². The molecule has 0 atom stereocenters. The minimum Gasteiger partial charge on any atom is -0.241 e. The highest BCUT2D eigenvalue weighted by Gasteiger charge is 2.15. The van der Waals surface area contributed by atoms with Crippen molar-refractivity contribution in [3.05, 3.63) is 57.6 Å². The molecule has 6 heteroatoms. The van der Waals surface area contributed by atoms with Crippen molar-refractivity contribution in [3.63, 3.8) is 0 Å². The Bertz CT molecular complexity index is 559. The molecular weight excluding hydrogens is 382 g/mol. The first-order valence-corrected chi connectivity index (χ1v) is 7.45. The van der Waals surface area contributed by atoms with E-state index in [9.17, 15) is 8.78 Å². The van der Waals surface area contributed by atoms with Crippen LogP contribution in [-0.2, 0) is 11.8 Å². The molecule has 2 aromatic rings. The smallest absolute Gasteiger partial charge is 0.241 e. The third-order valence-electron chi connectivity index (χ3n) is 2.57. The maximum Gasteiger partial charge on any atom is 0.280 e. The Morgan fingerprint density at radius 2 is 1.84 bits per heavy atom. The Labute approximate surface area is 126 Å². The van der Waals surface area contributed by atoms with Gasteiger partial charge in [-0.2, -0.15) is 0 Å². The van der Waals surface area contributed by atoms with E-state index in [-0.39, 0.29) is 5.69 Å². The van der Waals surface area contributed by atoms with Crippen molar-refractivity contribution in [3.8, 4) is 0 Å². The highest BCUT2D eigenvalue weighted by atomic mass is 79.9. The number of benzene rings is 1. The maximum absolute atomic E-state index is 12.9. The molecule has 100 valence electrons. The van der Waals surface area contributed by atoms with Crippen molar-refractivity contribution in [2.45, 2.75) is 18.2 Å². The van der Waals surface area contributed by atoms with Crippen molar-refractivity contribution in [1.29, 1.82) is 0 Å². The van der Waals surface area contributed by atoms with Gasteiger partial charge in [-0.05, 0) is 17.7 Å². The van der Waals surface area contributed by atoms with Crippen LogP contribution in [0.1, 0.15) is 29.1 Å². The molecule has 0 aliphatic carbocycles. The van der Waals surface area contributed by atoms with E-state index in [4.69, 9.17) is 0 Å². The highest BCUT2D eigenvalue weighted by Crippen LogP contribution is 2.22. The van der Waals surface area contributed by atoms with Crippen LogP contribution in [0.15, 0.2) is 34.9 Å². The van der Waals surface area contributed by atoms with Crippen LogP contribution in [-0.4, -0.2) is 9.97 Å². The van der Waals surface area contributed by atoms with Gasteiger partial charge < -0.3 is 0 Å². The highest BCUT2D eigenvalue weighted by molar-refractivity contribution is 9.10. The number of halogens is 4. The third-order valence-corrected chi connectivity index (χ3v) is 3.71. The van der Waals surface area contributed by atoms with Gasteiger partial charge in [0.15, 0.2) is 0 Å². The first kappa shape index (κ1) is 14.5.